The number of aromatic hydroxyl groups is 1. The molecule has 0 radical (unpaired) electrons. The first-order valence-corrected chi connectivity index (χ1v) is 14.5. The maximum atomic E-state index is 13.2. The molecule has 6 rings (SSSR count). The summed E-state index contributed by atoms with van der Waals surface area (Å²) < 4.78 is 2.00. The van der Waals surface area contributed by atoms with Crippen molar-refractivity contribution in [2.24, 2.45) is 0 Å². The summed E-state index contributed by atoms with van der Waals surface area (Å²) in [7, 11) is 0. The van der Waals surface area contributed by atoms with Crippen molar-refractivity contribution in [1.29, 1.82) is 0 Å². The second kappa shape index (κ2) is 11.5. The van der Waals surface area contributed by atoms with Gasteiger partial charge < -0.3 is 25.2 Å². The van der Waals surface area contributed by atoms with E-state index in [1.807, 2.05) is 79.1 Å². The van der Waals surface area contributed by atoms with Gasteiger partial charge in [0.1, 0.15) is 5.75 Å². The minimum Gasteiger partial charge on any atom is -0.506 e. The van der Waals surface area contributed by atoms with Crippen LogP contribution < -0.4 is 10.6 Å². The summed E-state index contributed by atoms with van der Waals surface area (Å²) in [6, 6.07) is 26.3. The van der Waals surface area contributed by atoms with Gasteiger partial charge in [0, 0.05) is 46.6 Å². The van der Waals surface area contributed by atoms with Crippen LogP contribution in [0.5, 0.6) is 5.75 Å². The second-order valence-electron chi connectivity index (χ2n) is 10.4. The molecule has 0 bridgehead atoms. The molecule has 3 N–H and O–H groups in total. The van der Waals surface area contributed by atoms with Gasteiger partial charge in [-0.2, -0.15) is 0 Å². The highest BCUT2D eigenvalue weighted by Crippen LogP contribution is 2.42. The van der Waals surface area contributed by atoms with Crippen LogP contribution in [0.2, 0.25) is 5.02 Å². The first kappa shape index (κ1) is 27.8. The van der Waals surface area contributed by atoms with Gasteiger partial charge in [0.05, 0.1) is 23.5 Å². The summed E-state index contributed by atoms with van der Waals surface area (Å²) in [5.74, 6) is 0.0413. The van der Waals surface area contributed by atoms with Crippen LogP contribution >= 0.6 is 23.8 Å². The Balaban J connectivity index is 1.33. The smallest absolute Gasteiger partial charge is 0.226 e. The molecule has 3 heterocycles. The Morgan fingerprint density at radius 2 is 1.83 bits per heavy atom. The Morgan fingerprint density at radius 1 is 1.05 bits per heavy atom. The van der Waals surface area contributed by atoms with Crippen LogP contribution in [0.15, 0.2) is 91.1 Å². The molecule has 3 aromatic carbocycles. The summed E-state index contributed by atoms with van der Waals surface area (Å²) >= 11 is 12.2. The van der Waals surface area contributed by atoms with Gasteiger partial charge in [-0.1, -0.05) is 54.1 Å². The highest BCUT2D eigenvalue weighted by atomic mass is 35.5. The number of nitrogens with zero attached hydrogens (tertiary/aromatic N) is 3. The first-order chi connectivity index (χ1) is 20.3. The van der Waals surface area contributed by atoms with E-state index >= 15 is 0 Å². The van der Waals surface area contributed by atoms with Gasteiger partial charge in [-0.15, -0.1) is 0 Å². The molecule has 0 unspecified atom stereocenters. The Kier molecular flexibility index (Phi) is 7.58. The number of fused-ring (bicyclic) bond motifs is 1. The average Bonchev–Trinajstić information content (AvgIpc) is 3.47. The third-order valence-corrected chi connectivity index (χ3v) is 8.40. The zero-order valence-corrected chi connectivity index (χ0v) is 24.8. The highest BCUT2D eigenvalue weighted by molar-refractivity contribution is 7.80. The van der Waals surface area contributed by atoms with Crippen LogP contribution in [-0.4, -0.2) is 37.1 Å². The first-order valence-electron chi connectivity index (χ1n) is 13.7. The Bertz CT molecular complexity index is 1800. The highest BCUT2D eigenvalue weighted by Gasteiger charge is 2.41. The van der Waals surface area contributed by atoms with Gasteiger partial charge in [-0.05, 0) is 79.5 Å². The van der Waals surface area contributed by atoms with Crippen molar-refractivity contribution < 1.29 is 9.90 Å². The normalized spacial score (nSPS) is 16.5. The summed E-state index contributed by atoms with van der Waals surface area (Å²) in [6.45, 7) is 4.42. The summed E-state index contributed by atoms with van der Waals surface area (Å²) in [6.07, 6.45) is 2.01. The molecule has 9 heteroatoms. The zero-order valence-electron chi connectivity index (χ0n) is 23.2. The number of halogens is 1. The molecule has 1 amide bonds. The molecule has 2 atom stereocenters. The number of aryl methyl sites for hydroxylation is 1. The van der Waals surface area contributed by atoms with Crippen molar-refractivity contribution in [3.8, 4) is 11.4 Å². The fraction of sp³-hybridized carbons (Fsp3) is 0.182. The van der Waals surface area contributed by atoms with Gasteiger partial charge >= 0.3 is 0 Å². The van der Waals surface area contributed by atoms with Crippen molar-refractivity contribution in [1.82, 2.24) is 19.8 Å². The van der Waals surface area contributed by atoms with E-state index in [0.29, 0.717) is 22.4 Å². The monoisotopic (exact) mass is 595 g/mol. The number of carbonyl (C=O) groups excluding carboxylic acids is 1. The summed E-state index contributed by atoms with van der Waals surface area (Å²) in [5, 5.41) is 20.4. The van der Waals surface area contributed by atoms with Crippen LogP contribution in [0.1, 0.15) is 41.1 Å². The maximum absolute atomic E-state index is 13.2. The predicted octanol–water partition coefficient (Wildman–Crippen LogP) is 7.00. The molecule has 5 aromatic rings. The number of hydrogen-bond donors (Lipinski definition) is 3. The number of benzene rings is 3. The summed E-state index contributed by atoms with van der Waals surface area (Å²) in [4.78, 5) is 19.9. The van der Waals surface area contributed by atoms with Gasteiger partial charge in [0.15, 0.2) is 5.11 Å². The number of nitrogens with one attached hydrogen (secondary N) is 2. The molecule has 7 nitrogen and oxygen atoms in total. The minimum atomic E-state index is -0.237. The molecule has 1 fully saturated rings. The fourth-order valence-corrected chi connectivity index (χ4v) is 6.39. The quantitative estimate of drug-likeness (QED) is 0.176. The standard InChI is InChI=1S/C33H30ClN5O2S/c1-20-18-25(21(2)39(20)28-19-23(34)13-14-29(28)40)32-31(27-11-5-6-16-35-27)37-33(42)38(32)17-15-30(41)36-26-12-7-9-22-8-3-4-10-24(22)26/h3-14,16,18-19,31-32,40H,15,17H2,1-2H3,(H,36,41)(H,37,42)/t31-,32+/m0/s1. The molecule has 2 aromatic heterocycles. The van der Waals surface area contributed by atoms with E-state index in [4.69, 9.17) is 23.8 Å². The Labute approximate surface area is 254 Å². The molecular formula is C33H30ClN5O2S. The second-order valence-corrected chi connectivity index (χ2v) is 11.3. The van der Waals surface area contributed by atoms with Gasteiger partial charge in [-0.3, -0.25) is 9.78 Å². The predicted molar refractivity (Wildman–Crippen MR) is 171 cm³/mol. The van der Waals surface area contributed by atoms with E-state index < -0.39 is 0 Å². The average molecular weight is 596 g/mol. The molecule has 0 spiro atoms. The minimum absolute atomic E-state index is 0.0940. The molecule has 0 aliphatic carbocycles. The molecule has 0 saturated carbocycles. The van der Waals surface area contributed by atoms with E-state index in [-0.39, 0.29) is 30.2 Å². The van der Waals surface area contributed by atoms with Crippen LogP contribution in [0.25, 0.3) is 16.5 Å². The molecule has 42 heavy (non-hydrogen) atoms. The summed E-state index contributed by atoms with van der Waals surface area (Å²) in [5.41, 5.74) is 5.13. The van der Waals surface area contributed by atoms with Crippen LogP contribution in [0.3, 0.4) is 0 Å². The number of phenolic OH excluding ortho intramolecular Hbond substituents is 1. The van der Waals surface area contributed by atoms with Crippen molar-refractivity contribution in [2.75, 3.05) is 11.9 Å². The largest absolute Gasteiger partial charge is 0.506 e. The molecular weight excluding hydrogens is 566 g/mol. The van der Waals surface area contributed by atoms with E-state index in [9.17, 15) is 9.90 Å². The molecule has 1 aliphatic heterocycles. The van der Waals surface area contributed by atoms with E-state index in [0.717, 1.165) is 39.1 Å². The van der Waals surface area contributed by atoms with Crippen LogP contribution in [0.4, 0.5) is 5.69 Å². The third kappa shape index (κ3) is 5.19. The lowest BCUT2D eigenvalue weighted by molar-refractivity contribution is -0.116. The number of hydrogen-bond acceptors (Lipinski definition) is 4. The van der Waals surface area contributed by atoms with E-state index in [2.05, 4.69) is 26.6 Å². The van der Waals surface area contributed by atoms with Crippen molar-refractivity contribution in [3.63, 3.8) is 0 Å². The lowest BCUT2D eigenvalue weighted by Gasteiger charge is -2.28. The lowest BCUT2D eigenvalue weighted by Crippen LogP contribution is -2.33. The zero-order chi connectivity index (χ0) is 29.4. The fourth-order valence-electron chi connectivity index (χ4n) is 5.89. The number of thiocarbonyl (C=S) groups is 1. The number of pyridine rings is 1. The number of rotatable bonds is 7. The molecule has 212 valence electrons. The van der Waals surface area contributed by atoms with Gasteiger partial charge in [0.25, 0.3) is 0 Å². The Morgan fingerprint density at radius 3 is 2.64 bits per heavy atom. The van der Waals surface area contributed by atoms with Crippen molar-refractivity contribution in [2.45, 2.75) is 32.4 Å². The van der Waals surface area contributed by atoms with Crippen molar-refractivity contribution >= 4 is 51.3 Å². The van der Waals surface area contributed by atoms with Crippen LogP contribution in [0, 0.1) is 13.8 Å². The lowest BCUT2D eigenvalue weighted by atomic mass is 9.96. The molecule has 1 aliphatic rings. The van der Waals surface area contributed by atoms with Crippen LogP contribution in [-0.2, 0) is 4.79 Å². The van der Waals surface area contributed by atoms with Crippen molar-refractivity contribution in [3.05, 3.63) is 119 Å². The number of anilines is 1. The maximum Gasteiger partial charge on any atom is 0.226 e. The molecule has 1 saturated heterocycles. The van der Waals surface area contributed by atoms with E-state index in [1.165, 1.54) is 0 Å². The Hall–Kier alpha value is -4.40. The SMILES string of the molecule is Cc1cc([C@@H]2[C@H](c3ccccn3)NC(=S)N2CCC(=O)Nc2cccc3ccccc23)c(C)n1-c1cc(Cl)ccc1O. The number of amides is 1. The number of phenols is 1. The number of carbonyl (C=O) groups is 1. The topological polar surface area (TPSA) is 82.4 Å². The van der Waals surface area contributed by atoms with Gasteiger partial charge in [0.2, 0.25) is 5.91 Å². The number of aromatic nitrogens is 2. The van der Waals surface area contributed by atoms with E-state index in [1.54, 1.807) is 24.4 Å². The van der Waals surface area contributed by atoms with Gasteiger partial charge in [-0.25, -0.2) is 0 Å². The third-order valence-electron chi connectivity index (χ3n) is 7.81.